The van der Waals surface area contributed by atoms with E-state index in [1.54, 1.807) is 19.2 Å². The minimum Gasteiger partial charge on any atom is -0.495 e. The summed E-state index contributed by atoms with van der Waals surface area (Å²) in [6.45, 7) is 0. The van der Waals surface area contributed by atoms with Crippen LogP contribution in [0, 0.1) is 0 Å². The first-order valence-corrected chi connectivity index (χ1v) is 7.11. The van der Waals surface area contributed by atoms with E-state index in [0.29, 0.717) is 20.5 Å². The molecule has 0 amide bonds. The molecule has 0 aliphatic carbocycles. The van der Waals surface area contributed by atoms with Crippen molar-refractivity contribution < 1.29 is 9.53 Å². The quantitative estimate of drug-likeness (QED) is 0.773. The van der Waals surface area contributed by atoms with Gasteiger partial charge in [-0.1, -0.05) is 11.6 Å². The standard InChI is InChI=1S/C10H6BrClO2S2/c1-14-6-2-3-15-9(6)8(13)7-4-5(12)10(11)16-7/h2-4H,1H3. The summed E-state index contributed by atoms with van der Waals surface area (Å²) in [4.78, 5) is 13.3. The van der Waals surface area contributed by atoms with Crippen molar-refractivity contribution in [2.45, 2.75) is 0 Å². The van der Waals surface area contributed by atoms with E-state index >= 15 is 0 Å². The minimum atomic E-state index is -0.0514. The van der Waals surface area contributed by atoms with Gasteiger partial charge >= 0.3 is 0 Å². The van der Waals surface area contributed by atoms with E-state index in [-0.39, 0.29) is 5.78 Å². The molecule has 0 aromatic carbocycles. The summed E-state index contributed by atoms with van der Waals surface area (Å²) in [6.07, 6.45) is 0. The Hall–Kier alpha value is -0.360. The van der Waals surface area contributed by atoms with Crippen LogP contribution >= 0.6 is 50.2 Å². The van der Waals surface area contributed by atoms with Gasteiger partial charge in [0, 0.05) is 0 Å². The average molecular weight is 338 g/mol. The zero-order valence-corrected chi connectivity index (χ0v) is 12.1. The van der Waals surface area contributed by atoms with Crippen LogP contribution in [0.25, 0.3) is 0 Å². The van der Waals surface area contributed by atoms with E-state index in [4.69, 9.17) is 16.3 Å². The van der Waals surface area contributed by atoms with E-state index in [1.165, 1.54) is 22.7 Å². The Labute approximate surface area is 114 Å². The predicted octanol–water partition coefficient (Wildman–Crippen LogP) is 4.47. The van der Waals surface area contributed by atoms with Crippen molar-refractivity contribution in [2.75, 3.05) is 7.11 Å². The number of hydrogen-bond donors (Lipinski definition) is 0. The number of rotatable bonds is 3. The zero-order valence-electron chi connectivity index (χ0n) is 8.12. The van der Waals surface area contributed by atoms with Gasteiger partial charge in [0.05, 0.1) is 20.8 Å². The molecule has 0 spiro atoms. The molecular formula is C10H6BrClO2S2. The number of halogens is 2. The van der Waals surface area contributed by atoms with Gasteiger partial charge in [0.2, 0.25) is 5.78 Å². The smallest absolute Gasteiger partial charge is 0.216 e. The molecule has 2 rings (SSSR count). The van der Waals surface area contributed by atoms with Gasteiger partial charge in [0.15, 0.2) is 0 Å². The fraction of sp³-hybridized carbons (Fsp3) is 0.100. The van der Waals surface area contributed by atoms with Crippen molar-refractivity contribution in [2.24, 2.45) is 0 Å². The third kappa shape index (κ3) is 2.18. The van der Waals surface area contributed by atoms with Crippen molar-refractivity contribution in [1.82, 2.24) is 0 Å². The van der Waals surface area contributed by atoms with Crippen LogP contribution in [0.15, 0.2) is 21.3 Å². The second-order valence-electron chi connectivity index (χ2n) is 2.88. The molecule has 0 saturated carbocycles. The van der Waals surface area contributed by atoms with E-state index in [2.05, 4.69) is 15.9 Å². The molecule has 16 heavy (non-hydrogen) atoms. The highest BCUT2D eigenvalue weighted by molar-refractivity contribution is 9.11. The van der Waals surface area contributed by atoms with Crippen LogP contribution in [0.3, 0.4) is 0 Å². The molecule has 0 radical (unpaired) electrons. The first kappa shape index (κ1) is 12.1. The van der Waals surface area contributed by atoms with Crippen LogP contribution in [-0.4, -0.2) is 12.9 Å². The summed E-state index contributed by atoms with van der Waals surface area (Å²) in [5, 5.41) is 2.39. The molecule has 0 bridgehead atoms. The highest BCUT2D eigenvalue weighted by atomic mass is 79.9. The maximum atomic E-state index is 12.1. The van der Waals surface area contributed by atoms with Crippen LogP contribution in [-0.2, 0) is 0 Å². The Kier molecular flexibility index (Phi) is 3.69. The number of thiophene rings is 2. The lowest BCUT2D eigenvalue weighted by atomic mass is 10.2. The predicted molar refractivity (Wildman–Crippen MR) is 71.3 cm³/mol. The maximum Gasteiger partial charge on any atom is 0.216 e. The Morgan fingerprint density at radius 1 is 1.56 bits per heavy atom. The lowest BCUT2D eigenvalue weighted by Crippen LogP contribution is -1.97. The fourth-order valence-corrected chi connectivity index (χ4v) is 3.72. The van der Waals surface area contributed by atoms with Crippen molar-refractivity contribution in [3.8, 4) is 5.75 Å². The first-order chi connectivity index (χ1) is 7.63. The number of ketones is 1. The minimum absolute atomic E-state index is 0.0514. The Bertz CT molecular complexity index is 513. The van der Waals surface area contributed by atoms with Crippen LogP contribution in [0.4, 0.5) is 0 Å². The molecule has 2 heterocycles. The number of ether oxygens (including phenoxy) is 1. The molecule has 0 unspecified atom stereocenters. The lowest BCUT2D eigenvalue weighted by Gasteiger charge is -1.98. The summed E-state index contributed by atoms with van der Waals surface area (Å²) in [5.41, 5.74) is 0. The van der Waals surface area contributed by atoms with Crippen molar-refractivity contribution in [3.05, 3.63) is 36.1 Å². The van der Waals surface area contributed by atoms with Crippen molar-refractivity contribution >= 4 is 56.0 Å². The van der Waals surface area contributed by atoms with Crippen LogP contribution in [0.1, 0.15) is 14.5 Å². The Morgan fingerprint density at radius 2 is 2.31 bits per heavy atom. The lowest BCUT2D eigenvalue weighted by molar-refractivity contribution is 0.104. The average Bonchev–Trinajstić information content (AvgIpc) is 2.85. The number of carbonyl (C=O) groups is 1. The second kappa shape index (κ2) is 4.87. The maximum absolute atomic E-state index is 12.1. The molecule has 2 nitrogen and oxygen atoms in total. The van der Waals surface area contributed by atoms with Crippen LogP contribution in [0.2, 0.25) is 5.02 Å². The molecule has 0 fully saturated rings. The van der Waals surface area contributed by atoms with Gasteiger partial charge in [0.25, 0.3) is 0 Å². The third-order valence-corrected chi connectivity index (χ3v) is 5.29. The van der Waals surface area contributed by atoms with Crippen LogP contribution in [0.5, 0.6) is 5.75 Å². The number of carbonyl (C=O) groups excluding carboxylic acids is 1. The SMILES string of the molecule is COc1ccsc1C(=O)c1cc(Cl)c(Br)s1. The van der Waals surface area contributed by atoms with Gasteiger partial charge < -0.3 is 4.74 Å². The summed E-state index contributed by atoms with van der Waals surface area (Å²) in [7, 11) is 1.55. The summed E-state index contributed by atoms with van der Waals surface area (Å²) in [6, 6.07) is 3.44. The summed E-state index contributed by atoms with van der Waals surface area (Å²) < 4.78 is 5.89. The molecule has 0 aliphatic rings. The Balaban J connectivity index is 2.39. The molecule has 0 aliphatic heterocycles. The molecule has 0 atom stereocenters. The van der Waals surface area contributed by atoms with Gasteiger partial charge in [-0.2, -0.15) is 0 Å². The monoisotopic (exact) mass is 336 g/mol. The highest BCUT2D eigenvalue weighted by Gasteiger charge is 2.19. The van der Waals surface area contributed by atoms with E-state index in [1.807, 2.05) is 5.38 Å². The topological polar surface area (TPSA) is 26.3 Å². The summed E-state index contributed by atoms with van der Waals surface area (Å²) in [5.74, 6) is 0.556. The fourth-order valence-electron chi connectivity index (χ4n) is 1.19. The number of hydrogen-bond acceptors (Lipinski definition) is 4. The molecular weight excluding hydrogens is 332 g/mol. The van der Waals surface area contributed by atoms with E-state index in [9.17, 15) is 4.79 Å². The normalized spacial score (nSPS) is 10.4. The molecule has 2 aromatic rings. The third-order valence-electron chi connectivity index (χ3n) is 1.92. The Morgan fingerprint density at radius 3 is 2.88 bits per heavy atom. The molecule has 0 N–H and O–H groups in total. The van der Waals surface area contributed by atoms with Gasteiger partial charge in [-0.15, -0.1) is 22.7 Å². The van der Waals surface area contributed by atoms with E-state index < -0.39 is 0 Å². The molecule has 6 heteroatoms. The van der Waals surface area contributed by atoms with Gasteiger partial charge in [-0.25, -0.2) is 0 Å². The summed E-state index contributed by atoms with van der Waals surface area (Å²) >= 11 is 11.9. The number of methoxy groups -OCH3 is 1. The van der Waals surface area contributed by atoms with Crippen LogP contribution < -0.4 is 4.74 Å². The van der Waals surface area contributed by atoms with Crippen molar-refractivity contribution in [3.63, 3.8) is 0 Å². The zero-order chi connectivity index (χ0) is 11.7. The van der Waals surface area contributed by atoms with E-state index in [0.717, 1.165) is 3.79 Å². The van der Waals surface area contributed by atoms with Gasteiger partial charge in [-0.3, -0.25) is 4.79 Å². The largest absolute Gasteiger partial charge is 0.495 e. The molecule has 84 valence electrons. The first-order valence-electron chi connectivity index (χ1n) is 4.24. The molecule has 2 aromatic heterocycles. The van der Waals surface area contributed by atoms with Gasteiger partial charge in [-0.05, 0) is 33.4 Å². The van der Waals surface area contributed by atoms with Crippen molar-refractivity contribution in [1.29, 1.82) is 0 Å². The highest BCUT2D eigenvalue weighted by Crippen LogP contribution is 2.35. The van der Waals surface area contributed by atoms with Gasteiger partial charge in [0.1, 0.15) is 10.6 Å². The molecule has 0 saturated heterocycles. The second-order valence-corrected chi connectivity index (χ2v) is 6.57.